The Kier molecular flexibility index (Phi) is 6.47. The summed E-state index contributed by atoms with van der Waals surface area (Å²) in [7, 11) is 1.22. The number of aryl methyl sites for hydroxylation is 1. The summed E-state index contributed by atoms with van der Waals surface area (Å²) in [5.41, 5.74) is 2.28. The number of allylic oxidation sites excluding steroid dienone is 3. The Bertz CT molecular complexity index is 1070. The van der Waals surface area contributed by atoms with Gasteiger partial charge in [0.15, 0.2) is 5.78 Å². The smallest absolute Gasteiger partial charge is 0.336 e. The third-order valence-corrected chi connectivity index (χ3v) is 6.00. The largest absolute Gasteiger partial charge is 0.468 e. The third-order valence-electron chi connectivity index (χ3n) is 6.00. The average Bonchev–Trinajstić information content (AvgIpc) is 2.72. The molecule has 0 bridgehead atoms. The Balaban J connectivity index is 2.25. The lowest BCUT2D eigenvalue weighted by atomic mass is 9.69. The standard InChI is InChI=1S/C23H26N2O7/c1-6-32-23(28)18-13(4)24-15-9-12(3)17(22(27)31-5)21(26)20(15)19(18)14-8-7-11(2)16(10-14)25(29)30/h7-8,10,12,17,19,24H,6,9H2,1-5H3/t12-,17+,19+/m1/s1. The van der Waals surface area contributed by atoms with E-state index in [1.54, 1.807) is 39.8 Å². The van der Waals surface area contributed by atoms with Gasteiger partial charge in [0.1, 0.15) is 5.92 Å². The number of esters is 2. The minimum atomic E-state index is -1.02. The number of nitrogens with zero attached hydrogens (tertiary/aromatic N) is 1. The van der Waals surface area contributed by atoms with Crippen LogP contribution >= 0.6 is 0 Å². The summed E-state index contributed by atoms with van der Waals surface area (Å²) in [5, 5.41) is 14.7. The fourth-order valence-electron chi connectivity index (χ4n) is 4.50. The van der Waals surface area contributed by atoms with Gasteiger partial charge in [-0.1, -0.05) is 19.1 Å². The minimum Gasteiger partial charge on any atom is -0.468 e. The molecule has 3 atom stereocenters. The minimum absolute atomic E-state index is 0.120. The third kappa shape index (κ3) is 3.90. The highest BCUT2D eigenvalue weighted by atomic mass is 16.6. The van der Waals surface area contributed by atoms with Gasteiger partial charge < -0.3 is 14.8 Å². The Hall–Kier alpha value is -3.49. The lowest BCUT2D eigenvalue weighted by Crippen LogP contribution is -2.43. The normalized spacial score (nSPS) is 22.8. The van der Waals surface area contributed by atoms with E-state index in [1.807, 2.05) is 0 Å². The van der Waals surface area contributed by atoms with E-state index in [0.29, 0.717) is 28.9 Å². The van der Waals surface area contributed by atoms with Crippen molar-refractivity contribution in [3.8, 4) is 0 Å². The van der Waals surface area contributed by atoms with E-state index in [-0.39, 0.29) is 29.4 Å². The topological polar surface area (TPSA) is 125 Å². The number of benzene rings is 1. The van der Waals surface area contributed by atoms with Crippen LogP contribution in [-0.2, 0) is 23.9 Å². The first-order valence-corrected chi connectivity index (χ1v) is 10.4. The lowest BCUT2D eigenvalue weighted by molar-refractivity contribution is -0.385. The number of nitro groups is 1. The van der Waals surface area contributed by atoms with Crippen molar-refractivity contribution in [2.45, 2.75) is 40.0 Å². The highest BCUT2D eigenvalue weighted by molar-refractivity contribution is 6.12. The molecule has 0 amide bonds. The summed E-state index contributed by atoms with van der Waals surface area (Å²) in [6.45, 7) is 6.89. The van der Waals surface area contributed by atoms with E-state index in [0.717, 1.165) is 0 Å². The van der Waals surface area contributed by atoms with Gasteiger partial charge in [-0.25, -0.2) is 4.79 Å². The van der Waals surface area contributed by atoms with E-state index >= 15 is 0 Å². The van der Waals surface area contributed by atoms with Gasteiger partial charge in [0, 0.05) is 34.5 Å². The molecule has 1 N–H and O–H groups in total. The second-order valence-corrected chi connectivity index (χ2v) is 8.06. The molecule has 3 rings (SSSR count). The molecule has 0 unspecified atom stereocenters. The zero-order chi connectivity index (χ0) is 23.7. The molecule has 2 aliphatic rings. The van der Waals surface area contributed by atoms with Crippen molar-refractivity contribution in [2.75, 3.05) is 13.7 Å². The quantitative estimate of drug-likeness (QED) is 0.319. The zero-order valence-electron chi connectivity index (χ0n) is 18.7. The van der Waals surface area contributed by atoms with Crippen LogP contribution in [-0.4, -0.2) is 36.4 Å². The first kappa shape index (κ1) is 23.2. The molecule has 0 spiro atoms. The summed E-state index contributed by atoms with van der Waals surface area (Å²) >= 11 is 0. The number of carbonyl (C=O) groups excluding carboxylic acids is 3. The molecule has 1 aromatic rings. The van der Waals surface area contributed by atoms with Gasteiger partial charge in [0.2, 0.25) is 0 Å². The van der Waals surface area contributed by atoms with Crippen LogP contribution in [0.1, 0.15) is 44.2 Å². The zero-order valence-corrected chi connectivity index (χ0v) is 18.7. The Labute approximate surface area is 185 Å². The molecular weight excluding hydrogens is 416 g/mol. The molecule has 1 aromatic carbocycles. The number of hydrogen-bond donors (Lipinski definition) is 1. The molecule has 9 nitrogen and oxygen atoms in total. The molecule has 0 radical (unpaired) electrons. The summed E-state index contributed by atoms with van der Waals surface area (Å²) in [5.74, 6) is -3.97. The van der Waals surface area contributed by atoms with Crippen LogP contribution in [0.4, 0.5) is 5.69 Å². The van der Waals surface area contributed by atoms with E-state index in [1.165, 1.54) is 13.2 Å². The maximum atomic E-state index is 13.6. The molecule has 32 heavy (non-hydrogen) atoms. The van der Waals surface area contributed by atoms with Crippen LogP contribution in [0.5, 0.6) is 0 Å². The predicted octanol–water partition coefficient (Wildman–Crippen LogP) is 3.08. The first-order chi connectivity index (χ1) is 15.1. The van der Waals surface area contributed by atoms with Crippen LogP contribution in [0.3, 0.4) is 0 Å². The Morgan fingerprint density at radius 2 is 1.97 bits per heavy atom. The van der Waals surface area contributed by atoms with Gasteiger partial charge in [-0.3, -0.25) is 19.7 Å². The molecule has 9 heteroatoms. The van der Waals surface area contributed by atoms with Gasteiger partial charge in [-0.05, 0) is 38.7 Å². The fraction of sp³-hybridized carbons (Fsp3) is 0.435. The number of Topliss-reactive ketones (excluding diaryl/α,β-unsaturated/α-hetero) is 1. The molecule has 1 aliphatic heterocycles. The van der Waals surface area contributed by atoms with E-state index in [4.69, 9.17) is 9.47 Å². The van der Waals surface area contributed by atoms with Gasteiger partial charge in [0.25, 0.3) is 5.69 Å². The highest BCUT2D eigenvalue weighted by Crippen LogP contribution is 2.46. The predicted molar refractivity (Wildman–Crippen MR) is 114 cm³/mol. The fourth-order valence-corrected chi connectivity index (χ4v) is 4.50. The molecule has 170 valence electrons. The van der Waals surface area contributed by atoms with Crippen LogP contribution in [0.15, 0.2) is 40.7 Å². The number of ketones is 1. The first-order valence-electron chi connectivity index (χ1n) is 10.4. The number of nitro benzene ring substituents is 1. The van der Waals surface area contributed by atoms with Gasteiger partial charge >= 0.3 is 11.9 Å². The van der Waals surface area contributed by atoms with Crippen molar-refractivity contribution < 1.29 is 28.8 Å². The van der Waals surface area contributed by atoms with Gasteiger partial charge in [-0.15, -0.1) is 0 Å². The highest BCUT2D eigenvalue weighted by Gasteiger charge is 2.47. The summed E-state index contributed by atoms with van der Waals surface area (Å²) in [6.07, 6.45) is 0.388. The van der Waals surface area contributed by atoms with Crippen molar-refractivity contribution in [3.05, 3.63) is 62.0 Å². The van der Waals surface area contributed by atoms with Gasteiger partial charge in [0.05, 0.1) is 24.2 Å². The molecule has 0 saturated heterocycles. The van der Waals surface area contributed by atoms with Crippen LogP contribution < -0.4 is 5.32 Å². The summed E-state index contributed by atoms with van der Waals surface area (Å²) in [4.78, 5) is 49.9. The number of hydrogen-bond acceptors (Lipinski definition) is 8. The van der Waals surface area contributed by atoms with Crippen molar-refractivity contribution in [1.82, 2.24) is 5.32 Å². The summed E-state index contributed by atoms with van der Waals surface area (Å²) < 4.78 is 10.1. The van der Waals surface area contributed by atoms with Crippen molar-refractivity contribution in [1.29, 1.82) is 0 Å². The van der Waals surface area contributed by atoms with E-state index in [2.05, 4.69) is 5.32 Å². The van der Waals surface area contributed by atoms with Crippen molar-refractivity contribution in [2.24, 2.45) is 11.8 Å². The van der Waals surface area contributed by atoms with E-state index < -0.39 is 34.5 Å². The second-order valence-electron chi connectivity index (χ2n) is 8.06. The molecule has 0 saturated carbocycles. The Morgan fingerprint density at radius 3 is 2.56 bits per heavy atom. The molecule has 0 aromatic heterocycles. The molecule has 1 aliphatic carbocycles. The maximum absolute atomic E-state index is 13.6. The SMILES string of the molecule is CCOC(=O)C1=C(C)NC2=C(C(=O)[C@@H](C(=O)OC)[C@H](C)C2)[C@H]1c1ccc(C)c([N+](=O)[O-])c1. The Morgan fingerprint density at radius 1 is 1.28 bits per heavy atom. The van der Waals surface area contributed by atoms with E-state index in [9.17, 15) is 24.5 Å². The van der Waals surface area contributed by atoms with Gasteiger partial charge in [-0.2, -0.15) is 0 Å². The van der Waals surface area contributed by atoms with Crippen molar-refractivity contribution in [3.63, 3.8) is 0 Å². The number of nitrogens with one attached hydrogen (secondary N) is 1. The van der Waals surface area contributed by atoms with Crippen molar-refractivity contribution >= 4 is 23.4 Å². The molecule has 0 fully saturated rings. The number of carbonyl (C=O) groups is 3. The van der Waals surface area contributed by atoms with Crippen LogP contribution in [0.25, 0.3) is 0 Å². The number of rotatable bonds is 5. The monoisotopic (exact) mass is 442 g/mol. The second kappa shape index (κ2) is 8.94. The van der Waals surface area contributed by atoms with Crippen LogP contribution in [0.2, 0.25) is 0 Å². The number of methoxy groups -OCH3 is 1. The average molecular weight is 442 g/mol. The maximum Gasteiger partial charge on any atom is 0.336 e. The number of dihydropyridines is 1. The summed E-state index contributed by atoms with van der Waals surface area (Å²) in [6, 6.07) is 4.62. The molecule has 1 heterocycles. The molecular formula is C23H26N2O7. The lowest BCUT2D eigenvalue weighted by Gasteiger charge is -2.38. The van der Waals surface area contributed by atoms with Crippen LogP contribution in [0, 0.1) is 28.9 Å². The number of ether oxygens (including phenoxy) is 2.